The topological polar surface area (TPSA) is 52.0 Å². The SMILES string of the molecule is NCc1ncc(CC2CCC2)o1. The van der Waals surface area contributed by atoms with E-state index in [2.05, 4.69) is 4.98 Å². The first-order valence-electron chi connectivity index (χ1n) is 4.52. The number of rotatable bonds is 3. The second-order valence-electron chi connectivity index (χ2n) is 3.43. The molecule has 3 heteroatoms. The monoisotopic (exact) mass is 166 g/mol. The predicted octanol–water partition coefficient (Wildman–Crippen LogP) is 1.48. The van der Waals surface area contributed by atoms with Crippen LogP contribution in [0.5, 0.6) is 0 Å². The van der Waals surface area contributed by atoms with E-state index in [4.69, 9.17) is 10.2 Å². The molecule has 0 radical (unpaired) electrons. The van der Waals surface area contributed by atoms with Gasteiger partial charge in [-0.1, -0.05) is 19.3 Å². The van der Waals surface area contributed by atoms with Crippen molar-refractivity contribution in [3.63, 3.8) is 0 Å². The highest BCUT2D eigenvalue weighted by molar-refractivity contribution is 4.96. The van der Waals surface area contributed by atoms with Gasteiger partial charge in [0.05, 0.1) is 12.7 Å². The van der Waals surface area contributed by atoms with Gasteiger partial charge >= 0.3 is 0 Å². The van der Waals surface area contributed by atoms with Gasteiger partial charge in [-0.15, -0.1) is 0 Å². The van der Waals surface area contributed by atoms with E-state index < -0.39 is 0 Å². The third-order valence-corrected chi connectivity index (χ3v) is 2.49. The molecular formula is C9H14N2O. The standard InChI is InChI=1S/C9H14N2O/c10-5-9-11-6-8(12-9)4-7-2-1-3-7/h6-7H,1-5,10H2. The van der Waals surface area contributed by atoms with Crippen molar-refractivity contribution < 1.29 is 4.42 Å². The summed E-state index contributed by atoms with van der Waals surface area (Å²) in [6.45, 7) is 0.407. The number of hydrogen-bond acceptors (Lipinski definition) is 3. The Bertz CT molecular complexity index is 253. The molecule has 0 aliphatic heterocycles. The Morgan fingerprint density at radius 1 is 1.58 bits per heavy atom. The second kappa shape index (κ2) is 3.27. The summed E-state index contributed by atoms with van der Waals surface area (Å²) in [4.78, 5) is 4.05. The Morgan fingerprint density at radius 3 is 2.92 bits per heavy atom. The lowest BCUT2D eigenvalue weighted by atomic mass is 9.82. The molecule has 0 amide bonds. The van der Waals surface area contributed by atoms with Gasteiger partial charge in [-0.25, -0.2) is 4.98 Å². The highest BCUT2D eigenvalue weighted by atomic mass is 16.4. The maximum Gasteiger partial charge on any atom is 0.208 e. The normalized spacial score (nSPS) is 17.8. The van der Waals surface area contributed by atoms with Gasteiger partial charge in [0, 0.05) is 6.42 Å². The van der Waals surface area contributed by atoms with Gasteiger partial charge in [-0.3, -0.25) is 0 Å². The van der Waals surface area contributed by atoms with E-state index >= 15 is 0 Å². The molecule has 3 nitrogen and oxygen atoms in total. The molecule has 2 N–H and O–H groups in total. The third-order valence-electron chi connectivity index (χ3n) is 2.49. The zero-order chi connectivity index (χ0) is 8.39. The van der Waals surface area contributed by atoms with E-state index in [1.54, 1.807) is 6.20 Å². The number of aromatic nitrogens is 1. The highest BCUT2D eigenvalue weighted by Crippen LogP contribution is 2.29. The molecule has 0 saturated heterocycles. The Hall–Kier alpha value is -0.830. The summed E-state index contributed by atoms with van der Waals surface area (Å²) >= 11 is 0. The Balaban J connectivity index is 1.93. The fraction of sp³-hybridized carbons (Fsp3) is 0.667. The fourth-order valence-corrected chi connectivity index (χ4v) is 1.52. The number of oxazole rings is 1. The molecule has 0 spiro atoms. The lowest BCUT2D eigenvalue weighted by Gasteiger charge is -2.23. The molecule has 1 aliphatic rings. The minimum Gasteiger partial charge on any atom is -0.444 e. The van der Waals surface area contributed by atoms with Crippen LogP contribution in [0.4, 0.5) is 0 Å². The van der Waals surface area contributed by atoms with Gasteiger partial charge in [0.1, 0.15) is 5.76 Å². The minimum absolute atomic E-state index is 0.407. The third kappa shape index (κ3) is 1.50. The van der Waals surface area contributed by atoms with E-state index in [9.17, 15) is 0 Å². The van der Waals surface area contributed by atoms with Crippen molar-refractivity contribution in [3.05, 3.63) is 17.8 Å². The van der Waals surface area contributed by atoms with Crippen molar-refractivity contribution in [1.82, 2.24) is 4.98 Å². The van der Waals surface area contributed by atoms with Gasteiger partial charge in [0.25, 0.3) is 0 Å². The van der Waals surface area contributed by atoms with Gasteiger partial charge in [-0.2, -0.15) is 0 Å². The van der Waals surface area contributed by atoms with Crippen LogP contribution < -0.4 is 5.73 Å². The van der Waals surface area contributed by atoms with Gasteiger partial charge in [0.15, 0.2) is 0 Å². The maximum atomic E-state index is 5.40. The van der Waals surface area contributed by atoms with Crippen LogP contribution in [0.3, 0.4) is 0 Å². The summed E-state index contributed by atoms with van der Waals surface area (Å²) in [6.07, 6.45) is 6.92. The average Bonchev–Trinajstić information content (AvgIpc) is 2.44. The number of nitrogens with two attached hydrogens (primary N) is 1. The zero-order valence-corrected chi connectivity index (χ0v) is 7.12. The zero-order valence-electron chi connectivity index (χ0n) is 7.12. The first-order valence-corrected chi connectivity index (χ1v) is 4.52. The number of hydrogen-bond donors (Lipinski definition) is 1. The van der Waals surface area contributed by atoms with Crippen LogP contribution in [0.25, 0.3) is 0 Å². The van der Waals surface area contributed by atoms with Crippen LogP contribution in [-0.4, -0.2) is 4.98 Å². The first kappa shape index (κ1) is 7.80. The lowest BCUT2D eigenvalue weighted by molar-refractivity contribution is 0.291. The van der Waals surface area contributed by atoms with Crippen molar-refractivity contribution in [2.24, 2.45) is 11.7 Å². The summed E-state index contributed by atoms with van der Waals surface area (Å²) in [6, 6.07) is 0. The minimum atomic E-state index is 0.407. The van der Waals surface area contributed by atoms with Crippen molar-refractivity contribution >= 4 is 0 Å². The molecule has 0 bridgehead atoms. The van der Waals surface area contributed by atoms with Gasteiger partial charge < -0.3 is 10.2 Å². The summed E-state index contributed by atoms with van der Waals surface area (Å²) < 4.78 is 5.40. The summed E-state index contributed by atoms with van der Waals surface area (Å²) in [5, 5.41) is 0. The van der Waals surface area contributed by atoms with Crippen molar-refractivity contribution in [1.29, 1.82) is 0 Å². The molecular weight excluding hydrogens is 152 g/mol. The molecule has 12 heavy (non-hydrogen) atoms. The largest absolute Gasteiger partial charge is 0.444 e. The van der Waals surface area contributed by atoms with Gasteiger partial charge in [-0.05, 0) is 5.92 Å². The molecule has 0 aromatic carbocycles. The molecule has 1 aromatic heterocycles. The lowest BCUT2D eigenvalue weighted by Crippen LogP contribution is -2.13. The van der Waals surface area contributed by atoms with Crippen molar-refractivity contribution in [3.8, 4) is 0 Å². The van der Waals surface area contributed by atoms with Gasteiger partial charge in [0.2, 0.25) is 5.89 Å². The van der Waals surface area contributed by atoms with Crippen LogP contribution in [0.1, 0.15) is 30.9 Å². The average molecular weight is 166 g/mol. The molecule has 1 heterocycles. The maximum absolute atomic E-state index is 5.40. The van der Waals surface area contributed by atoms with E-state index in [0.717, 1.165) is 18.1 Å². The van der Waals surface area contributed by atoms with Crippen LogP contribution in [0, 0.1) is 5.92 Å². The predicted molar refractivity (Wildman–Crippen MR) is 45.4 cm³/mol. The van der Waals surface area contributed by atoms with Crippen LogP contribution in [0.15, 0.2) is 10.6 Å². The van der Waals surface area contributed by atoms with E-state index in [1.807, 2.05) is 0 Å². The molecule has 0 atom stereocenters. The van der Waals surface area contributed by atoms with Crippen molar-refractivity contribution in [2.75, 3.05) is 0 Å². The van der Waals surface area contributed by atoms with E-state index in [1.165, 1.54) is 19.3 Å². The Kier molecular flexibility index (Phi) is 2.13. The second-order valence-corrected chi connectivity index (χ2v) is 3.43. The Morgan fingerprint density at radius 2 is 2.42 bits per heavy atom. The van der Waals surface area contributed by atoms with Crippen molar-refractivity contribution in [2.45, 2.75) is 32.2 Å². The number of nitrogens with zero attached hydrogens (tertiary/aromatic N) is 1. The first-order chi connectivity index (χ1) is 5.88. The fourth-order valence-electron chi connectivity index (χ4n) is 1.52. The smallest absolute Gasteiger partial charge is 0.208 e. The van der Waals surface area contributed by atoms with E-state index in [0.29, 0.717) is 12.4 Å². The molecule has 0 unspecified atom stereocenters. The quantitative estimate of drug-likeness (QED) is 0.739. The van der Waals surface area contributed by atoms with Crippen LogP contribution in [0.2, 0.25) is 0 Å². The highest BCUT2D eigenvalue weighted by Gasteiger charge is 2.19. The summed E-state index contributed by atoms with van der Waals surface area (Å²) in [5.74, 6) is 2.49. The van der Waals surface area contributed by atoms with Crippen LogP contribution in [-0.2, 0) is 13.0 Å². The molecule has 1 aliphatic carbocycles. The van der Waals surface area contributed by atoms with Crippen LogP contribution >= 0.6 is 0 Å². The molecule has 1 fully saturated rings. The molecule has 1 saturated carbocycles. The molecule has 2 rings (SSSR count). The summed E-state index contributed by atoms with van der Waals surface area (Å²) in [5.41, 5.74) is 5.38. The Labute approximate surface area is 72.0 Å². The molecule has 66 valence electrons. The van der Waals surface area contributed by atoms with E-state index in [-0.39, 0.29) is 0 Å². The molecule has 1 aromatic rings. The summed E-state index contributed by atoms with van der Waals surface area (Å²) in [7, 11) is 0.